The van der Waals surface area contributed by atoms with Gasteiger partial charge in [0.25, 0.3) is 0 Å². The predicted molar refractivity (Wildman–Crippen MR) is 87.9 cm³/mol. The molecule has 2 rings (SSSR count). The van der Waals surface area contributed by atoms with Crippen LogP contribution in [-0.4, -0.2) is 0 Å². The van der Waals surface area contributed by atoms with Crippen LogP contribution in [0.4, 0.5) is 0 Å². The van der Waals surface area contributed by atoms with Gasteiger partial charge in [0.2, 0.25) is 0 Å². The molecule has 0 saturated carbocycles. The first-order chi connectivity index (χ1) is 8.97. The number of halogens is 1. The Kier molecular flexibility index (Phi) is 4.82. The number of benzene rings is 1. The molecule has 1 nitrogen and oxygen atoms in total. The van der Waals surface area contributed by atoms with Gasteiger partial charge in [0.1, 0.15) is 0 Å². The molecule has 19 heavy (non-hydrogen) atoms. The minimum absolute atomic E-state index is 0.397. The van der Waals surface area contributed by atoms with Crippen molar-refractivity contribution in [3.8, 4) is 0 Å². The van der Waals surface area contributed by atoms with Gasteiger partial charge in [-0.2, -0.15) is 0 Å². The topological polar surface area (TPSA) is 12.0 Å². The van der Waals surface area contributed by atoms with Crippen LogP contribution >= 0.6 is 27.3 Å². The smallest absolute Gasteiger partial charge is 0.0305 e. The number of nitrogens with one attached hydrogen (secondary N) is 1. The highest BCUT2D eigenvalue weighted by Crippen LogP contribution is 2.26. The van der Waals surface area contributed by atoms with E-state index in [1.807, 2.05) is 11.3 Å². The predicted octanol–water partition coefficient (Wildman–Crippen LogP) is 5.29. The molecule has 1 aromatic heterocycles. The van der Waals surface area contributed by atoms with Gasteiger partial charge in [-0.25, -0.2) is 0 Å². The van der Waals surface area contributed by atoms with E-state index in [1.54, 1.807) is 0 Å². The van der Waals surface area contributed by atoms with Crippen molar-refractivity contribution in [2.24, 2.45) is 0 Å². The minimum atomic E-state index is 0.397. The van der Waals surface area contributed by atoms with Crippen molar-refractivity contribution < 1.29 is 0 Å². The number of hydrogen-bond acceptors (Lipinski definition) is 2. The van der Waals surface area contributed by atoms with Crippen LogP contribution in [0.1, 0.15) is 39.4 Å². The Bertz CT molecular complexity index is 574. The molecule has 1 heterocycles. The van der Waals surface area contributed by atoms with Gasteiger partial charge in [0.05, 0.1) is 0 Å². The van der Waals surface area contributed by atoms with Gasteiger partial charge in [0.15, 0.2) is 0 Å². The highest BCUT2D eigenvalue weighted by atomic mass is 79.9. The zero-order valence-corrected chi connectivity index (χ0v) is 14.3. The molecule has 1 unspecified atom stereocenters. The Morgan fingerprint density at radius 1 is 1.21 bits per heavy atom. The van der Waals surface area contributed by atoms with Crippen LogP contribution in [-0.2, 0) is 6.54 Å². The van der Waals surface area contributed by atoms with Crippen LogP contribution < -0.4 is 5.32 Å². The lowest BCUT2D eigenvalue weighted by molar-refractivity contribution is 0.574. The normalized spacial score (nSPS) is 12.7. The van der Waals surface area contributed by atoms with Crippen LogP contribution in [0.3, 0.4) is 0 Å². The summed E-state index contributed by atoms with van der Waals surface area (Å²) in [6, 6.07) is 9.22. The number of rotatable bonds is 4. The van der Waals surface area contributed by atoms with Gasteiger partial charge >= 0.3 is 0 Å². The first-order valence-corrected chi connectivity index (χ1v) is 8.13. The number of hydrogen-bond donors (Lipinski definition) is 1. The fraction of sp³-hybridized carbons (Fsp3) is 0.375. The van der Waals surface area contributed by atoms with Gasteiger partial charge in [-0.15, -0.1) is 11.3 Å². The maximum atomic E-state index is 3.61. The molecule has 2 aromatic rings. The van der Waals surface area contributed by atoms with Crippen molar-refractivity contribution in [1.82, 2.24) is 5.32 Å². The second-order valence-electron chi connectivity index (χ2n) is 5.05. The molecule has 1 aromatic carbocycles. The molecule has 0 bridgehead atoms. The molecule has 0 aliphatic heterocycles. The molecule has 102 valence electrons. The fourth-order valence-corrected chi connectivity index (χ4v) is 3.55. The molecule has 0 saturated heterocycles. The lowest BCUT2D eigenvalue weighted by atomic mass is 10.1. The molecule has 1 atom stereocenters. The highest BCUT2D eigenvalue weighted by molar-refractivity contribution is 9.10. The van der Waals surface area contributed by atoms with Crippen LogP contribution in [0.5, 0.6) is 0 Å². The summed E-state index contributed by atoms with van der Waals surface area (Å²) in [6.45, 7) is 9.65. The third-order valence-electron chi connectivity index (χ3n) is 3.38. The zero-order chi connectivity index (χ0) is 14.0. The SMILES string of the molecule is Cc1cc(C(C)NCc2ccc(Br)c(C)c2)c(C)s1. The Hall–Kier alpha value is -0.640. The highest BCUT2D eigenvalue weighted by Gasteiger charge is 2.10. The van der Waals surface area contributed by atoms with E-state index in [-0.39, 0.29) is 0 Å². The van der Waals surface area contributed by atoms with Gasteiger partial charge < -0.3 is 5.32 Å². The van der Waals surface area contributed by atoms with Crippen LogP contribution in [0.2, 0.25) is 0 Å². The van der Waals surface area contributed by atoms with Crippen molar-refractivity contribution in [3.63, 3.8) is 0 Å². The first-order valence-electron chi connectivity index (χ1n) is 6.52. The van der Waals surface area contributed by atoms with E-state index < -0.39 is 0 Å². The monoisotopic (exact) mass is 337 g/mol. The largest absolute Gasteiger partial charge is 0.306 e. The van der Waals surface area contributed by atoms with Gasteiger partial charge in [-0.1, -0.05) is 28.1 Å². The molecule has 0 aliphatic carbocycles. The van der Waals surface area contributed by atoms with E-state index in [1.165, 1.54) is 30.9 Å². The van der Waals surface area contributed by atoms with Crippen LogP contribution in [0, 0.1) is 20.8 Å². The summed E-state index contributed by atoms with van der Waals surface area (Å²) in [7, 11) is 0. The van der Waals surface area contributed by atoms with E-state index in [9.17, 15) is 0 Å². The van der Waals surface area contributed by atoms with E-state index in [2.05, 4.69) is 73.2 Å². The van der Waals surface area contributed by atoms with Gasteiger partial charge in [-0.05, 0) is 56.5 Å². The van der Waals surface area contributed by atoms with E-state index >= 15 is 0 Å². The summed E-state index contributed by atoms with van der Waals surface area (Å²) in [6.07, 6.45) is 0. The Labute approximate surface area is 128 Å². The summed E-state index contributed by atoms with van der Waals surface area (Å²) in [5.41, 5.74) is 4.04. The summed E-state index contributed by atoms with van der Waals surface area (Å²) in [5, 5.41) is 3.61. The molecule has 0 amide bonds. The van der Waals surface area contributed by atoms with Crippen molar-refractivity contribution in [2.75, 3.05) is 0 Å². The fourth-order valence-electron chi connectivity index (χ4n) is 2.28. The average molecular weight is 338 g/mol. The zero-order valence-electron chi connectivity index (χ0n) is 11.9. The number of aryl methyl sites for hydroxylation is 3. The van der Waals surface area contributed by atoms with E-state index in [0.29, 0.717) is 6.04 Å². The molecular formula is C16H20BrNS. The lowest BCUT2D eigenvalue weighted by Gasteiger charge is -2.14. The van der Waals surface area contributed by atoms with Crippen LogP contribution in [0.25, 0.3) is 0 Å². The van der Waals surface area contributed by atoms with Gasteiger partial charge in [0, 0.05) is 26.8 Å². The maximum absolute atomic E-state index is 3.61. The van der Waals surface area contributed by atoms with Crippen molar-refractivity contribution in [3.05, 3.63) is 55.2 Å². The summed E-state index contributed by atoms with van der Waals surface area (Å²) in [5.74, 6) is 0. The summed E-state index contributed by atoms with van der Waals surface area (Å²) in [4.78, 5) is 2.81. The minimum Gasteiger partial charge on any atom is -0.306 e. The third-order valence-corrected chi connectivity index (χ3v) is 5.25. The van der Waals surface area contributed by atoms with E-state index in [4.69, 9.17) is 0 Å². The molecular weight excluding hydrogens is 318 g/mol. The first kappa shape index (κ1) is 14.8. The van der Waals surface area contributed by atoms with Crippen LogP contribution in [0.15, 0.2) is 28.7 Å². The molecule has 1 N–H and O–H groups in total. The Balaban J connectivity index is 2.02. The molecule has 0 radical (unpaired) electrons. The maximum Gasteiger partial charge on any atom is 0.0305 e. The Morgan fingerprint density at radius 2 is 1.95 bits per heavy atom. The van der Waals surface area contributed by atoms with Gasteiger partial charge in [-0.3, -0.25) is 0 Å². The number of thiophene rings is 1. The molecule has 0 spiro atoms. The third kappa shape index (κ3) is 3.68. The second-order valence-corrected chi connectivity index (χ2v) is 7.37. The van der Waals surface area contributed by atoms with Crippen molar-refractivity contribution >= 4 is 27.3 Å². The molecule has 0 fully saturated rings. The lowest BCUT2D eigenvalue weighted by Crippen LogP contribution is -2.18. The van der Waals surface area contributed by atoms with Crippen molar-refractivity contribution in [1.29, 1.82) is 0 Å². The molecule has 0 aliphatic rings. The Morgan fingerprint density at radius 3 is 2.53 bits per heavy atom. The standard InChI is InChI=1S/C16H20BrNS/c1-10-7-14(5-6-16(10)17)9-18-12(3)15-8-11(2)19-13(15)4/h5-8,12,18H,9H2,1-4H3. The summed E-state index contributed by atoms with van der Waals surface area (Å²) < 4.78 is 1.17. The summed E-state index contributed by atoms with van der Waals surface area (Å²) >= 11 is 5.42. The average Bonchev–Trinajstić information content (AvgIpc) is 2.70. The van der Waals surface area contributed by atoms with E-state index in [0.717, 1.165) is 6.54 Å². The quantitative estimate of drug-likeness (QED) is 0.799. The second kappa shape index (κ2) is 6.21. The van der Waals surface area contributed by atoms with Crippen molar-refractivity contribution in [2.45, 2.75) is 40.3 Å². The molecule has 3 heteroatoms.